The van der Waals surface area contributed by atoms with Crippen LogP contribution in [0, 0.1) is 16.0 Å². The highest BCUT2D eigenvalue weighted by Crippen LogP contribution is 2.48. The molecule has 3 rings (SSSR count). The molecule has 1 aliphatic carbocycles. The lowest BCUT2D eigenvalue weighted by atomic mass is 10.1. The molecule has 6 nitrogen and oxygen atoms in total. The van der Waals surface area contributed by atoms with Gasteiger partial charge in [0.1, 0.15) is 10.8 Å². The van der Waals surface area contributed by atoms with Crippen molar-refractivity contribution in [3.8, 4) is 5.75 Å². The number of carbonyl (C=O) groups is 1. The Labute approximate surface area is 143 Å². The van der Waals surface area contributed by atoms with E-state index in [1.165, 1.54) is 12.1 Å². The highest BCUT2D eigenvalue weighted by atomic mass is 35.5. The number of nitro benzene ring substituents is 1. The molecule has 0 saturated heterocycles. The number of nitrogens with one attached hydrogen (secondary N) is 1. The molecule has 2 aromatic carbocycles. The van der Waals surface area contributed by atoms with Crippen LogP contribution in [-0.4, -0.2) is 17.9 Å². The summed E-state index contributed by atoms with van der Waals surface area (Å²) in [6.07, 6.45) is 0.758. The first-order valence-corrected chi connectivity index (χ1v) is 7.76. The topological polar surface area (TPSA) is 81.5 Å². The molecule has 0 radical (unpaired) electrons. The number of benzene rings is 2. The van der Waals surface area contributed by atoms with Crippen LogP contribution < -0.4 is 10.1 Å². The Kier molecular flexibility index (Phi) is 4.40. The third-order valence-electron chi connectivity index (χ3n) is 4.08. The molecule has 0 aliphatic heterocycles. The van der Waals surface area contributed by atoms with E-state index in [9.17, 15) is 14.9 Å². The summed E-state index contributed by atoms with van der Waals surface area (Å²) in [5, 5.41) is 13.7. The molecule has 1 aliphatic rings. The second-order valence-corrected chi connectivity index (χ2v) is 6.04. The van der Waals surface area contributed by atoms with Crippen LogP contribution in [0.2, 0.25) is 5.02 Å². The molecule has 1 N–H and O–H groups in total. The van der Waals surface area contributed by atoms with Gasteiger partial charge in [0.05, 0.1) is 12.0 Å². The van der Waals surface area contributed by atoms with E-state index in [1.807, 2.05) is 24.3 Å². The number of nitrogens with zero attached hydrogens (tertiary/aromatic N) is 1. The molecule has 1 amide bonds. The van der Waals surface area contributed by atoms with Crippen LogP contribution in [0.1, 0.15) is 17.9 Å². The largest absolute Gasteiger partial charge is 0.497 e. The molecular formula is C17H15ClN2O4. The maximum atomic E-state index is 12.3. The molecule has 1 saturated carbocycles. The third-order valence-corrected chi connectivity index (χ3v) is 4.40. The number of halogens is 1. The molecule has 0 aromatic heterocycles. The van der Waals surface area contributed by atoms with Gasteiger partial charge in [-0.2, -0.15) is 0 Å². The summed E-state index contributed by atoms with van der Waals surface area (Å²) >= 11 is 5.77. The van der Waals surface area contributed by atoms with E-state index >= 15 is 0 Å². The predicted octanol–water partition coefficient (Wildman–Crippen LogP) is 4.00. The fourth-order valence-electron chi connectivity index (χ4n) is 2.67. The standard InChI is InChI=1S/C17H15ClN2O4/c1-24-12-5-2-10(3-6-12)13-9-14(13)17(21)19-11-4-7-15(18)16(8-11)20(22)23/h2-8,13-14H,9H2,1H3,(H,19,21). The Morgan fingerprint density at radius 2 is 2.00 bits per heavy atom. The van der Waals surface area contributed by atoms with Gasteiger partial charge in [-0.15, -0.1) is 0 Å². The van der Waals surface area contributed by atoms with Gasteiger partial charge in [-0.3, -0.25) is 14.9 Å². The zero-order chi connectivity index (χ0) is 17.3. The van der Waals surface area contributed by atoms with Crippen LogP contribution in [0.4, 0.5) is 11.4 Å². The van der Waals surface area contributed by atoms with E-state index < -0.39 is 4.92 Å². The number of methoxy groups -OCH3 is 1. The van der Waals surface area contributed by atoms with Gasteiger partial charge in [0.2, 0.25) is 5.91 Å². The van der Waals surface area contributed by atoms with Gasteiger partial charge >= 0.3 is 0 Å². The minimum Gasteiger partial charge on any atom is -0.497 e. The molecule has 124 valence electrons. The Morgan fingerprint density at radius 3 is 2.62 bits per heavy atom. The van der Waals surface area contributed by atoms with Gasteiger partial charge in [0.25, 0.3) is 5.69 Å². The van der Waals surface area contributed by atoms with Crippen LogP contribution in [0.5, 0.6) is 5.75 Å². The molecule has 7 heteroatoms. The van der Waals surface area contributed by atoms with Crippen molar-refractivity contribution in [3.63, 3.8) is 0 Å². The molecule has 2 unspecified atom stereocenters. The van der Waals surface area contributed by atoms with Gasteiger partial charge in [-0.05, 0) is 42.2 Å². The fourth-order valence-corrected chi connectivity index (χ4v) is 2.86. The van der Waals surface area contributed by atoms with Crippen molar-refractivity contribution in [3.05, 3.63) is 63.2 Å². The monoisotopic (exact) mass is 346 g/mol. The quantitative estimate of drug-likeness (QED) is 0.655. The van der Waals surface area contributed by atoms with E-state index in [4.69, 9.17) is 16.3 Å². The maximum absolute atomic E-state index is 12.3. The molecule has 24 heavy (non-hydrogen) atoms. The van der Waals surface area contributed by atoms with Crippen LogP contribution in [0.15, 0.2) is 42.5 Å². The Morgan fingerprint density at radius 1 is 1.29 bits per heavy atom. The molecule has 0 bridgehead atoms. The third kappa shape index (κ3) is 3.33. The number of rotatable bonds is 5. The summed E-state index contributed by atoms with van der Waals surface area (Å²) < 4.78 is 5.12. The Hall–Kier alpha value is -2.60. The summed E-state index contributed by atoms with van der Waals surface area (Å²) in [6.45, 7) is 0. The fraction of sp³-hybridized carbons (Fsp3) is 0.235. The lowest BCUT2D eigenvalue weighted by Gasteiger charge is -2.06. The van der Waals surface area contributed by atoms with Crippen molar-refractivity contribution in [1.29, 1.82) is 0 Å². The number of hydrogen-bond acceptors (Lipinski definition) is 4. The van der Waals surface area contributed by atoms with Gasteiger partial charge in [0, 0.05) is 17.7 Å². The van der Waals surface area contributed by atoms with Gasteiger partial charge in [0.15, 0.2) is 0 Å². The average Bonchev–Trinajstić information content (AvgIpc) is 3.37. The normalized spacial score (nSPS) is 18.8. The SMILES string of the molecule is COc1ccc(C2CC2C(=O)Nc2ccc(Cl)c([N+](=O)[O-])c2)cc1. The van der Waals surface area contributed by atoms with E-state index in [0.717, 1.165) is 17.7 Å². The highest BCUT2D eigenvalue weighted by molar-refractivity contribution is 6.32. The summed E-state index contributed by atoms with van der Waals surface area (Å²) in [5.41, 5.74) is 1.23. The van der Waals surface area contributed by atoms with Crippen molar-refractivity contribution in [1.82, 2.24) is 0 Å². The number of hydrogen-bond donors (Lipinski definition) is 1. The van der Waals surface area contributed by atoms with Crippen LogP contribution in [0.3, 0.4) is 0 Å². The van der Waals surface area contributed by atoms with Crippen LogP contribution in [0.25, 0.3) is 0 Å². The smallest absolute Gasteiger partial charge is 0.289 e. The van der Waals surface area contributed by atoms with Gasteiger partial charge in [-0.25, -0.2) is 0 Å². The van der Waals surface area contributed by atoms with E-state index in [2.05, 4.69) is 5.32 Å². The lowest BCUT2D eigenvalue weighted by Crippen LogP contribution is -2.14. The number of carbonyl (C=O) groups excluding carboxylic acids is 1. The first-order valence-electron chi connectivity index (χ1n) is 7.38. The Balaban J connectivity index is 1.66. The summed E-state index contributed by atoms with van der Waals surface area (Å²) in [6, 6.07) is 11.9. The van der Waals surface area contributed by atoms with E-state index in [0.29, 0.717) is 5.69 Å². The Bertz CT molecular complexity index is 792. The second kappa shape index (κ2) is 6.49. The number of ether oxygens (including phenoxy) is 1. The van der Waals surface area contributed by atoms with E-state index in [1.54, 1.807) is 13.2 Å². The first-order chi connectivity index (χ1) is 11.5. The number of amides is 1. The van der Waals surface area contributed by atoms with Crippen molar-refractivity contribution >= 4 is 28.9 Å². The highest BCUT2D eigenvalue weighted by Gasteiger charge is 2.44. The first kappa shape index (κ1) is 16.3. The van der Waals surface area contributed by atoms with Crippen LogP contribution in [-0.2, 0) is 4.79 Å². The molecule has 0 heterocycles. The van der Waals surface area contributed by atoms with Crippen molar-refractivity contribution in [2.24, 2.45) is 5.92 Å². The minimum absolute atomic E-state index is 0.0422. The zero-order valence-corrected chi connectivity index (χ0v) is 13.6. The lowest BCUT2D eigenvalue weighted by molar-refractivity contribution is -0.384. The van der Waals surface area contributed by atoms with Crippen molar-refractivity contribution in [2.45, 2.75) is 12.3 Å². The predicted molar refractivity (Wildman–Crippen MR) is 90.6 cm³/mol. The van der Waals surface area contributed by atoms with Crippen molar-refractivity contribution < 1.29 is 14.5 Å². The molecule has 2 aromatic rings. The molecule has 2 atom stereocenters. The summed E-state index contributed by atoms with van der Waals surface area (Å²) in [7, 11) is 1.60. The molecule has 0 spiro atoms. The van der Waals surface area contributed by atoms with Crippen molar-refractivity contribution in [2.75, 3.05) is 12.4 Å². The maximum Gasteiger partial charge on any atom is 0.289 e. The van der Waals surface area contributed by atoms with Crippen LogP contribution >= 0.6 is 11.6 Å². The van der Waals surface area contributed by atoms with E-state index in [-0.39, 0.29) is 28.5 Å². The minimum atomic E-state index is -0.574. The van der Waals surface area contributed by atoms with Gasteiger partial charge < -0.3 is 10.1 Å². The second-order valence-electron chi connectivity index (χ2n) is 5.63. The molecular weight excluding hydrogens is 332 g/mol. The number of nitro groups is 1. The zero-order valence-electron chi connectivity index (χ0n) is 12.9. The number of anilines is 1. The summed E-state index contributed by atoms with van der Waals surface area (Å²) in [5.74, 6) is 0.660. The van der Waals surface area contributed by atoms with Gasteiger partial charge in [-0.1, -0.05) is 23.7 Å². The summed E-state index contributed by atoms with van der Waals surface area (Å²) in [4.78, 5) is 22.6. The molecule has 1 fully saturated rings. The average molecular weight is 347 g/mol.